The summed E-state index contributed by atoms with van der Waals surface area (Å²) in [5.41, 5.74) is 1.55. The van der Waals surface area contributed by atoms with E-state index in [0.717, 1.165) is 33.0 Å². The van der Waals surface area contributed by atoms with Crippen LogP contribution in [-0.2, 0) is 0 Å². The fourth-order valence-electron chi connectivity index (χ4n) is 3.38. The number of H-pyrrole nitrogens is 1. The topological polar surface area (TPSA) is 80.1 Å². The van der Waals surface area contributed by atoms with Crippen molar-refractivity contribution in [2.75, 3.05) is 0 Å². The number of rotatable bonds is 5. The minimum atomic E-state index is -1.05. The number of aromatic amines is 1. The summed E-state index contributed by atoms with van der Waals surface area (Å²) >= 11 is 12.9. The van der Waals surface area contributed by atoms with Crippen molar-refractivity contribution in [2.45, 2.75) is 0 Å². The zero-order valence-corrected chi connectivity index (χ0v) is 18.7. The highest BCUT2D eigenvalue weighted by molar-refractivity contribution is 7.71. The summed E-state index contributed by atoms with van der Waals surface area (Å²) in [6.07, 6.45) is 0. The van der Waals surface area contributed by atoms with Crippen molar-refractivity contribution < 1.29 is 14.6 Å². The summed E-state index contributed by atoms with van der Waals surface area (Å²) in [7, 11) is 0. The number of para-hydroxylation sites is 1. The predicted molar refractivity (Wildman–Crippen MR) is 128 cm³/mol. The van der Waals surface area contributed by atoms with E-state index in [9.17, 15) is 9.90 Å². The Morgan fingerprint density at radius 1 is 1.06 bits per heavy atom. The average Bonchev–Trinajstić information content (AvgIpc) is 3.34. The summed E-state index contributed by atoms with van der Waals surface area (Å²) < 4.78 is 8.91. The first kappa shape index (κ1) is 20.4. The van der Waals surface area contributed by atoms with Gasteiger partial charge in [0.25, 0.3) is 0 Å². The number of nitrogens with one attached hydrogen (secondary N) is 1. The number of aromatic carboxylic acids is 1. The largest absolute Gasteiger partial charge is 0.477 e. The van der Waals surface area contributed by atoms with Crippen LogP contribution in [0.2, 0.25) is 5.02 Å². The van der Waals surface area contributed by atoms with Crippen LogP contribution in [0.5, 0.6) is 11.5 Å². The van der Waals surface area contributed by atoms with E-state index >= 15 is 0 Å². The zero-order chi connectivity index (χ0) is 22.2. The molecular formula is C23H14ClN3O3S2. The highest BCUT2D eigenvalue weighted by Crippen LogP contribution is 2.37. The molecule has 0 radical (unpaired) electrons. The van der Waals surface area contributed by atoms with Crippen LogP contribution >= 0.6 is 35.2 Å². The minimum Gasteiger partial charge on any atom is -0.477 e. The van der Waals surface area contributed by atoms with Crippen LogP contribution in [-0.4, -0.2) is 25.8 Å². The Morgan fingerprint density at radius 2 is 1.84 bits per heavy atom. The van der Waals surface area contributed by atoms with Gasteiger partial charge in [0.2, 0.25) is 0 Å². The van der Waals surface area contributed by atoms with Gasteiger partial charge >= 0.3 is 5.97 Å². The fraction of sp³-hybridized carbons (Fsp3) is 0. The van der Waals surface area contributed by atoms with Gasteiger partial charge in [0, 0.05) is 15.6 Å². The van der Waals surface area contributed by atoms with Crippen LogP contribution in [0.15, 0.2) is 72.8 Å². The van der Waals surface area contributed by atoms with Gasteiger partial charge in [0.05, 0.1) is 10.7 Å². The lowest BCUT2D eigenvalue weighted by atomic mass is 10.2. The van der Waals surface area contributed by atoms with E-state index in [1.54, 1.807) is 10.6 Å². The third-order valence-electron chi connectivity index (χ3n) is 4.81. The average molecular weight is 480 g/mol. The Balaban J connectivity index is 1.58. The molecule has 5 rings (SSSR count). The highest BCUT2D eigenvalue weighted by atomic mass is 35.5. The molecule has 0 saturated heterocycles. The van der Waals surface area contributed by atoms with Crippen LogP contribution in [0.25, 0.3) is 27.2 Å². The molecule has 2 N–H and O–H groups in total. The lowest BCUT2D eigenvalue weighted by Crippen LogP contribution is -1.97. The SMILES string of the molecule is O=C(O)c1sc2cc(-n3c(-c4cccc(Oc5ccccc5)c4)n[nH]c3=S)ccc2c1Cl. The van der Waals surface area contributed by atoms with Gasteiger partial charge in [-0.25, -0.2) is 4.79 Å². The van der Waals surface area contributed by atoms with Gasteiger partial charge in [0.15, 0.2) is 10.6 Å². The maximum atomic E-state index is 11.4. The minimum absolute atomic E-state index is 0.112. The summed E-state index contributed by atoms with van der Waals surface area (Å²) in [5, 5.41) is 17.6. The molecule has 158 valence electrons. The lowest BCUT2D eigenvalue weighted by Gasteiger charge is -2.10. The van der Waals surface area contributed by atoms with Gasteiger partial charge in [-0.05, 0) is 54.7 Å². The molecule has 0 atom stereocenters. The van der Waals surface area contributed by atoms with Gasteiger partial charge < -0.3 is 9.84 Å². The molecule has 0 aliphatic rings. The molecule has 0 amide bonds. The maximum Gasteiger partial charge on any atom is 0.347 e. The number of hydrogen-bond acceptors (Lipinski definition) is 5. The summed E-state index contributed by atoms with van der Waals surface area (Å²) in [6, 6.07) is 22.6. The monoisotopic (exact) mass is 479 g/mol. The third kappa shape index (κ3) is 3.69. The second-order valence-electron chi connectivity index (χ2n) is 6.86. The number of ether oxygens (including phenoxy) is 1. The van der Waals surface area contributed by atoms with E-state index in [-0.39, 0.29) is 9.90 Å². The quantitative estimate of drug-likeness (QED) is 0.266. The molecule has 0 aliphatic carbocycles. The second-order valence-corrected chi connectivity index (χ2v) is 8.68. The number of aromatic nitrogens is 3. The van der Waals surface area contributed by atoms with Gasteiger partial charge in [-0.3, -0.25) is 9.67 Å². The van der Waals surface area contributed by atoms with Crippen LogP contribution < -0.4 is 4.74 Å². The first-order valence-electron chi connectivity index (χ1n) is 9.48. The number of nitrogens with zero attached hydrogens (tertiary/aromatic N) is 2. The number of fused-ring (bicyclic) bond motifs is 1. The van der Waals surface area contributed by atoms with E-state index in [1.807, 2.05) is 66.7 Å². The molecule has 5 aromatic rings. The van der Waals surface area contributed by atoms with E-state index in [2.05, 4.69) is 10.2 Å². The third-order valence-corrected chi connectivity index (χ3v) is 6.73. The molecule has 6 nitrogen and oxygen atoms in total. The number of carbonyl (C=O) groups is 1. The summed E-state index contributed by atoms with van der Waals surface area (Å²) in [4.78, 5) is 11.6. The van der Waals surface area contributed by atoms with Crippen LogP contribution in [0.3, 0.4) is 0 Å². The van der Waals surface area contributed by atoms with Crippen molar-refractivity contribution in [3.63, 3.8) is 0 Å². The Bertz CT molecular complexity index is 1520. The molecule has 0 saturated carbocycles. The van der Waals surface area contributed by atoms with Crippen LogP contribution in [0, 0.1) is 4.77 Å². The second kappa shape index (κ2) is 8.23. The van der Waals surface area contributed by atoms with Gasteiger partial charge in [-0.1, -0.05) is 41.9 Å². The normalized spacial score (nSPS) is 11.0. The van der Waals surface area contributed by atoms with Crippen molar-refractivity contribution in [3.8, 4) is 28.6 Å². The Labute approximate surface area is 196 Å². The van der Waals surface area contributed by atoms with Crippen LogP contribution in [0.1, 0.15) is 9.67 Å². The van der Waals surface area contributed by atoms with Gasteiger partial charge in [-0.2, -0.15) is 5.10 Å². The molecule has 0 bridgehead atoms. The van der Waals surface area contributed by atoms with E-state index < -0.39 is 5.97 Å². The molecule has 2 heterocycles. The van der Waals surface area contributed by atoms with E-state index in [4.69, 9.17) is 28.6 Å². The molecule has 9 heteroatoms. The molecule has 2 aromatic heterocycles. The standard InChI is InChI=1S/C23H14ClN3O3S2/c24-19-17-10-9-14(12-18(17)32-20(19)22(28)29)27-21(25-26-23(27)31)13-5-4-8-16(11-13)30-15-6-2-1-3-7-15/h1-12H,(H,26,31)(H,28,29). The first-order chi connectivity index (χ1) is 15.5. The Kier molecular flexibility index (Phi) is 5.26. The predicted octanol–water partition coefficient (Wildman–Crippen LogP) is 6.96. The molecule has 3 aromatic carbocycles. The lowest BCUT2D eigenvalue weighted by molar-refractivity contribution is 0.0702. The Morgan fingerprint density at radius 3 is 2.62 bits per heavy atom. The molecule has 0 unspecified atom stereocenters. The van der Waals surface area contributed by atoms with E-state index in [0.29, 0.717) is 21.7 Å². The molecule has 0 aliphatic heterocycles. The van der Waals surface area contributed by atoms with Crippen molar-refractivity contribution in [1.82, 2.24) is 14.8 Å². The van der Waals surface area contributed by atoms with Crippen molar-refractivity contribution in [2.24, 2.45) is 0 Å². The van der Waals surface area contributed by atoms with E-state index in [1.165, 1.54) is 0 Å². The fourth-order valence-corrected chi connectivity index (χ4v) is 5.01. The Hall–Kier alpha value is -3.46. The van der Waals surface area contributed by atoms with Crippen molar-refractivity contribution in [1.29, 1.82) is 0 Å². The highest BCUT2D eigenvalue weighted by Gasteiger charge is 2.18. The van der Waals surface area contributed by atoms with Gasteiger partial charge in [0.1, 0.15) is 16.4 Å². The number of thiophene rings is 1. The smallest absolute Gasteiger partial charge is 0.347 e. The zero-order valence-electron chi connectivity index (χ0n) is 16.3. The molecule has 0 spiro atoms. The van der Waals surface area contributed by atoms with Gasteiger partial charge in [-0.15, -0.1) is 11.3 Å². The number of halogens is 1. The summed E-state index contributed by atoms with van der Waals surface area (Å²) in [5.74, 6) is 0.959. The number of hydrogen-bond donors (Lipinski definition) is 2. The van der Waals surface area contributed by atoms with Crippen molar-refractivity contribution >= 4 is 51.2 Å². The molecular weight excluding hydrogens is 466 g/mol. The molecule has 0 fully saturated rings. The van der Waals surface area contributed by atoms with Crippen LogP contribution in [0.4, 0.5) is 0 Å². The number of carboxylic acid groups (broad SMARTS) is 1. The number of carboxylic acids is 1. The van der Waals surface area contributed by atoms with Crippen molar-refractivity contribution in [3.05, 3.63) is 87.5 Å². The summed E-state index contributed by atoms with van der Waals surface area (Å²) in [6.45, 7) is 0. The number of benzene rings is 3. The maximum absolute atomic E-state index is 11.4. The molecule has 32 heavy (non-hydrogen) atoms. The first-order valence-corrected chi connectivity index (χ1v) is 11.1.